The SMILES string of the molecule is C=CCc1cc(C(=O)NC(CC)c2ccc(OC)c(C)c2)ccc1OC. The van der Waals surface area contributed by atoms with E-state index in [2.05, 4.69) is 24.9 Å². The van der Waals surface area contributed by atoms with Crippen LogP contribution in [0.25, 0.3) is 0 Å². The number of hydrogen-bond donors (Lipinski definition) is 1. The Hall–Kier alpha value is -2.75. The first kappa shape index (κ1) is 19.6. The second kappa shape index (κ2) is 9.09. The minimum absolute atomic E-state index is 0.0583. The van der Waals surface area contributed by atoms with Crippen molar-refractivity contribution in [3.63, 3.8) is 0 Å². The minimum Gasteiger partial charge on any atom is -0.496 e. The molecule has 138 valence electrons. The van der Waals surface area contributed by atoms with Crippen LogP contribution in [0.4, 0.5) is 0 Å². The van der Waals surface area contributed by atoms with Gasteiger partial charge in [-0.25, -0.2) is 0 Å². The first-order chi connectivity index (χ1) is 12.5. The summed E-state index contributed by atoms with van der Waals surface area (Å²) in [5.41, 5.74) is 3.68. The molecule has 26 heavy (non-hydrogen) atoms. The monoisotopic (exact) mass is 353 g/mol. The first-order valence-corrected chi connectivity index (χ1v) is 8.77. The molecule has 0 fully saturated rings. The summed E-state index contributed by atoms with van der Waals surface area (Å²) in [6.07, 6.45) is 3.25. The van der Waals surface area contributed by atoms with Gasteiger partial charge in [-0.1, -0.05) is 25.1 Å². The number of rotatable bonds is 8. The molecule has 1 amide bonds. The van der Waals surface area contributed by atoms with Crippen molar-refractivity contribution in [1.29, 1.82) is 0 Å². The number of ether oxygens (including phenoxy) is 2. The largest absolute Gasteiger partial charge is 0.496 e. The molecule has 0 aliphatic heterocycles. The Bertz CT molecular complexity index is 783. The van der Waals surface area contributed by atoms with Crippen molar-refractivity contribution in [3.05, 3.63) is 71.3 Å². The molecule has 0 aliphatic carbocycles. The zero-order chi connectivity index (χ0) is 19.1. The molecule has 0 radical (unpaired) electrons. The summed E-state index contributed by atoms with van der Waals surface area (Å²) in [7, 11) is 3.28. The summed E-state index contributed by atoms with van der Waals surface area (Å²) in [5, 5.41) is 3.12. The summed E-state index contributed by atoms with van der Waals surface area (Å²) in [6.45, 7) is 7.82. The van der Waals surface area contributed by atoms with Gasteiger partial charge in [0.25, 0.3) is 5.91 Å². The molecule has 1 unspecified atom stereocenters. The number of aryl methyl sites for hydroxylation is 1. The Morgan fingerprint density at radius 2 is 1.85 bits per heavy atom. The molecule has 1 atom stereocenters. The average Bonchev–Trinajstić information content (AvgIpc) is 2.66. The van der Waals surface area contributed by atoms with E-state index in [0.29, 0.717) is 12.0 Å². The van der Waals surface area contributed by atoms with E-state index in [1.807, 2.05) is 31.2 Å². The smallest absolute Gasteiger partial charge is 0.251 e. The molecule has 0 spiro atoms. The van der Waals surface area contributed by atoms with Crippen LogP contribution >= 0.6 is 0 Å². The van der Waals surface area contributed by atoms with Gasteiger partial charge in [-0.2, -0.15) is 0 Å². The second-order valence-electron chi connectivity index (χ2n) is 6.18. The lowest BCUT2D eigenvalue weighted by Gasteiger charge is -2.19. The molecule has 1 N–H and O–H groups in total. The van der Waals surface area contributed by atoms with Gasteiger partial charge in [-0.15, -0.1) is 6.58 Å². The fourth-order valence-corrected chi connectivity index (χ4v) is 3.02. The maximum Gasteiger partial charge on any atom is 0.251 e. The third-order valence-corrected chi connectivity index (χ3v) is 4.44. The van der Waals surface area contributed by atoms with Gasteiger partial charge in [0.2, 0.25) is 0 Å². The lowest BCUT2D eigenvalue weighted by Crippen LogP contribution is -2.28. The summed E-state index contributed by atoms with van der Waals surface area (Å²) >= 11 is 0. The van der Waals surface area contributed by atoms with Gasteiger partial charge in [-0.05, 0) is 60.7 Å². The quantitative estimate of drug-likeness (QED) is 0.704. The van der Waals surface area contributed by atoms with Crippen LogP contribution in [0.2, 0.25) is 0 Å². The Balaban J connectivity index is 2.22. The molecular formula is C22H27NO3. The molecule has 0 heterocycles. The van der Waals surface area contributed by atoms with E-state index >= 15 is 0 Å². The van der Waals surface area contributed by atoms with E-state index in [-0.39, 0.29) is 11.9 Å². The van der Waals surface area contributed by atoms with Crippen molar-refractivity contribution in [2.75, 3.05) is 14.2 Å². The van der Waals surface area contributed by atoms with Crippen molar-refractivity contribution < 1.29 is 14.3 Å². The van der Waals surface area contributed by atoms with Crippen molar-refractivity contribution in [3.8, 4) is 11.5 Å². The molecule has 0 saturated carbocycles. The van der Waals surface area contributed by atoms with Crippen molar-refractivity contribution in [2.24, 2.45) is 0 Å². The van der Waals surface area contributed by atoms with Crippen LogP contribution in [-0.4, -0.2) is 20.1 Å². The Morgan fingerprint density at radius 1 is 1.15 bits per heavy atom. The number of amides is 1. The van der Waals surface area contributed by atoms with Crippen LogP contribution in [0.15, 0.2) is 49.1 Å². The molecule has 0 saturated heterocycles. The maximum absolute atomic E-state index is 12.7. The van der Waals surface area contributed by atoms with E-state index in [9.17, 15) is 4.79 Å². The van der Waals surface area contributed by atoms with E-state index < -0.39 is 0 Å². The van der Waals surface area contributed by atoms with Gasteiger partial charge in [0.1, 0.15) is 11.5 Å². The second-order valence-corrected chi connectivity index (χ2v) is 6.18. The number of hydrogen-bond acceptors (Lipinski definition) is 3. The van der Waals surface area contributed by atoms with Crippen molar-refractivity contribution in [1.82, 2.24) is 5.32 Å². The van der Waals surface area contributed by atoms with E-state index in [4.69, 9.17) is 9.47 Å². The normalized spacial score (nSPS) is 11.5. The highest BCUT2D eigenvalue weighted by atomic mass is 16.5. The Labute approximate surface area is 155 Å². The fourth-order valence-electron chi connectivity index (χ4n) is 3.02. The van der Waals surface area contributed by atoms with Crippen LogP contribution in [-0.2, 0) is 6.42 Å². The molecule has 2 aromatic carbocycles. The third kappa shape index (κ3) is 4.45. The summed E-state index contributed by atoms with van der Waals surface area (Å²) in [4.78, 5) is 12.7. The first-order valence-electron chi connectivity index (χ1n) is 8.77. The van der Waals surface area contributed by atoms with Crippen LogP contribution in [0.5, 0.6) is 11.5 Å². The van der Waals surface area contributed by atoms with Crippen LogP contribution in [0, 0.1) is 6.92 Å². The average molecular weight is 353 g/mol. The van der Waals surface area contributed by atoms with Gasteiger partial charge in [-0.3, -0.25) is 4.79 Å². The zero-order valence-corrected chi connectivity index (χ0v) is 16.0. The predicted molar refractivity (Wildman–Crippen MR) is 105 cm³/mol. The molecule has 0 bridgehead atoms. The molecule has 0 aliphatic rings. The molecule has 4 nitrogen and oxygen atoms in total. The maximum atomic E-state index is 12.7. The number of carbonyl (C=O) groups excluding carboxylic acids is 1. The van der Waals surface area contributed by atoms with Gasteiger partial charge in [0, 0.05) is 5.56 Å². The number of benzene rings is 2. The van der Waals surface area contributed by atoms with E-state index in [1.54, 1.807) is 26.4 Å². The van der Waals surface area contributed by atoms with Gasteiger partial charge < -0.3 is 14.8 Å². The molecule has 4 heteroatoms. The van der Waals surface area contributed by atoms with E-state index in [1.165, 1.54) is 0 Å². The summed E-state index contributed by atoms with van der Waals surface area (Å²) in [5.74, 6) is 1.51. The molecule has 0 aromatic heterocycles. The van der Waals surface area contributed by atoms with E-state index in [0.717, 1.165) is 34.6 Å². The van der Waals surface area contributed by atoms with Crippen molar-refractivity contribution in [2.45, 2.75) is 32.7 Å². The van der Waals surface area contributed by atoms with Gasteiger partial charge in [0.15, 0.2) is 0 Å². The topological polar surface area (TPSA) is 47.6 Å². The third-order valence-electron chi connectivity index (χ3n) is 4.44. The highest BCUT2D eigenvalue weighted by molar-refractivity contribution is 5.94. The van der Waals surface area contributed by atoms with Crippen LogP contribution in [0.3, 0.4) is 0 Å². The lowest BCUT2D eigenvalue weighted by molar-refractivity contribution is 0.0935. The minimum atomic E-state index is -0.0988. The van der Waals surface area contributed by atoms with Crippen LogP contribution < -0.4 is 14.8 Å². The lowest BCUT2D eigenvalue weighted by atomic mass is 10.0. The fraction of sp³-hybridized carbons (Fsp3) is 0.318. The van der Waals surface area contributed by atoms with Crippen molar-refractivity contribution >= 4 is 5.91 Å². The zero-order valence-electron chi connectivity index (χ0n) is 16.0. The Morgan fingerprint density at radius 3 is 2.42 bits per heavy atom. The highest BCUT2D eigenvalue weighted by Crippen LogP contribution is 2.25. The highest BCUT2D eigenvalue weighted by Gasteiger charge is 2.16. The summed E-state index contributed by atoms with van der Waals surface area (Å²) < 4.78 is 10.7. The predicted octanol–water partition coefficient (Wildman–Crippen LogP) is 4.62. The number of nitrogens with one attached hydrogen (secondary N) is 1. The van der Waals surface area contributed by atoms with Crippen LogP contribution in [0.1, 0.15) is 46.4 Å². The van der Waals surface area contributed by atoms with Gasteiger partial charge >= 0.3 is 0 Å². The molecule has 2 rings (SSSR count). The van der Waals surface area contributed by atoms with Gasteiger partial charge in [0.05, 0.1) is 20.3 Å². The molecular weight excluding hydrogens is 326 g/mol. The standard InChI is InChI=1S/C22H27NO3/c1-6-8-17-14-18(10-12-21(17)26-5)22(24)23-19(7-2)16-9-11-20(25-4)15(3)13-16/h6,9-14,19H,1,7-8H2,2-5H3,(H,23,24). The summed E-state index contributed by atoms with van der Waals surface area (Å²) in [6, 6.07) is 11.4. The number of allylic oxidation sites excluding steroid dienone is 1. The number of carbonyl (C=O) groups is 1. The Kier molecular flexibility index (Phi) is 6.84. The molecule has 2 aromatic rings. The number of methoxy groups -OCH3 is 2.